The van der Waals surface area contributed by atoms with Crippen LogP contribution in [0.5, 0.6) is 0 Å². The smallest absolute Gasteiger partial charge is 0.0145 e. The van der Waals surface area contributed by atoms with Crippen LogP contribution in [0.4, 0.5) is 0 Å². The maximum Gasteiger partial charge on any atom is 0.0145 e. The van der Waals surface area contributed by atoms with Gasteiger partial charge in [0.1, 0.15) is 0 Å². The quantitative estimate of drug-likeness (QED) is 0.645. The number of alkyl halides is 1. The van der Waals surface area contributed by atoms with Gasteiger partial charge in [-0.3, -0.25) is 0 Å². The molecule has 0 saturated carbocycles. The van der Waals surface area contributed by atoms with E-state index < -0.39 is 0 Å². The predicted octanol–water partition coefficient (Wildman–Crippen LogP) is 4.88. The second kappa shape index (κ2) is 7.05. The summed E-state index contributed by atoms with van der Waals surface area (Å²) in [6.45, 7) is 4.41. The van der Waals surface area contributed by atoms with Crippen LogP contribution in [-0.4, -0.2) is 4.83 Å². The molecular weight excluding hydrogens is 248 g/mol. The molecule has 1 aromatic rings. The van der Waals surface area contributed by atoms with Gasteiger partial charge in [-0.1, -0.05) is 59.1 Å². The van der Waals surface area contributed by atoms with Crippen molar-refractivity contribution >= 4 is 15.9 Å². The van der Waals surface area contributed by atoms with Crippen molar-refractivity contribution in [2.45, 2.75) is 50.8 Å². The lowest BCUT2D eigenvalue weighted by Gasteiger charge is -2.08. The highest BCUT2D eigenvalue weighted by Crippen LogP contribution is 2.16. The summed E-state index contributed by atoms with van der Waals surface area (Å²) in [5.41, 5.74) is 2.85. The van der Waals surface area contributed by atoms with E-state index >= 15 is 0 Å². The summed E-state index contributed by atoms with van der Waals surface area (Å²) < 4.78 is 0. The van der Waals surface area contributed by atoms with Crippen LogP contribution < -0.4 is 0 Å². The molecule has 0 nitrogen and oxygen atoms in total. The fourth-order valence-corrected chi connectivity index (χ4v) is 2.63. The van der Waals surface area contributed by atoms with Crippen LogP contribution in [0.15, 0.2) is 24.3 Å². The first-order chi connectivity index (χ1) is 7.22. The third-order valence-electron chi connectivity index (χ3n) is 2.67. The lowest BCUT2D eigenvalue weighted by molar-refractivity contribution is 0.655. The van der Waals surface area contributed by atoms with E-state index in [0.717, 1.165) is 0 Å². The zero-order valence-electron chi connectivity index (χ0n) is 9.80. The Hall–Kier alpha value is -0.300. The summed E-state index contributed by atoms with van der Waals surface area (Å²) in [7, 11) is 0. The summed E-state index contributed by atoms with van der Waals surface area (Å²) in [5.74, 6) is 0. The van der Waals surface area contributed by atoms with Crippen molar-refractivity contribution in [1.82, 2.24) is 0 Å². The zero-order chi connectivity index (χ0) is 11.1. The summed E-state index contributed by atoms with van der Waals surface area (Å²) in [4.78, 5) is 0.715. The van der Waals surface area contributed by atoms with Crippen LogP contribution in [0.1, 0.15) is 43.7 Å². The molecule has 0 amide bonds. The molecule has 1 aromatic carbocycles. The van der Waals surface area contributed by atoms with Crippen molar-refractivity contribution in [2.75, 3.05) is 0 Å². The maximum absolute atomic E-state index is 3.73. The van der Waals surface area contributed by atoms with E-state index in [-0.39, 0.29) is 0 Å². The van der Waals surface area contributed by atoms with Crippen molar-refractivity contribution in [3.8, 4) is 0 Å². The van der Waals surface area contributed by atoms with Gasteiger partial charge in [0.2, 0.25) is 0 Å². The Labute approximate surface area is 102 Å². The first kappa shape index (κ1) is 12.8. The highest BCUT2D eigenvalue weighted by atomic mass is 79.9. The molecule has 0 aliphatic heterocycles. The van der Waals surface area contributed by atoms with Crippen molar-refractivity contribution in [3.05, 3.63) is 35.4 Å². The molecule has 0 bridgehead atoms. The molecule has 0 aromatic heterocycles. The third-order valence-corrected chi connectivity index (χ3v) is 3.58. The molecule has 0 saturated heterocycles. The van der Waals surface area contributed by atoms with Gasteiger partial charge >= 0.3 is 0 Å². The number of aryl methyl sites for hydroxylation is 2. The highest BCUT2D eigenvalue weighted by molar-refractivity contribution is 9.09. The first-order valence-electron chi connectivity index (χ1n) is 5.92. The fourth-order valence-electron chi connectivity index (χ4n) is 1.85. The van der Waals surface area contributed by atoms with Crippen LogP contribution in [0.3, 0.4) is 0 Å². The number of benzene rings is 1. The molecule has 1 unspecified atom stereocenters. The highest BCUT2D eigenvalue weighted by Gasteiger charge is 2.02. The lowest BCUT2D eigenvalue weighted by atomic mass is 10.0. The van der Waals surface area contributed by atoms with Gasteiger partial charge in [0.05, 0.1) is 0 Å². The summed E-state index contributed by atoms with van der Waals surface area (Å²) in [6.07, 6.45) is 6.38. The Bertz CT molecular complexity index is 280. The number of hydrogen-bond donors (Lipinski definition) is 0. The topological polar surface area (TPSA) is 0 Å². The van der Waals surface area contributed by atoms with Crippen LogP contribution >= 0.6 is 15.9 Å². The average Bonchev–Trinajstić information content (AvgIpc) is 2.18. The molecule has 15 heavy (non-hydrogen) atoms. The average molecular weight is 269 g/mol. The number of rotatable bonds is 6. The Morgan fingerprint density at radius 3 is 2.73 bits per heavy atom. The minimum Gasteiger partial charge on any atom is -0.0891 e. The van der Waals surface area contributed by atoms with E-state index in [1.807, 2.05) is 0 Å². The van der Waals surface area contributed by atoms with E-state index in [1.165, 1.54) is 43.2 Å². The van der Waals surface area contributed by atoms with E-state index in [0.29, 0.717) is 4.83 Å². The van der Waals surface area contributed by atoms with E-state index in [2.05, 4.69) is 54.0 Å². The van der Waals surface area contributed by atoms with Gasteiger partial charge in [0.25, 0.3) is 0 Å². The van der Waals surface area contributed by atoms with Gasteiger partial charge in [-0.25, -0.2) is 0 Å². The van der Waals surface area contributed by atoms with E-state index in [9.17, 15) is 0 Å². The molecule has 0 heterocycles. The van der Waals surface area contributed by atoms with Crippen molar-refractivity contribution < 1.29 is 0 Å². The molecule has 0 aliphatic rings. The summed E-state index contributed by atoms with van der Waals surface area (Å²) in [5, 5.41) is 0. The van der Waals surface area contributed by atoms with Gasteiger partial charge in [-0.05, 0) is 38.2 Å². The van der Waals surface area contributed by atoms with E-state index in [4.69, 9.17) is 0 Å². The van der Waals surface area contributed by atoms with Gasteiger partial charge in [-0.2, -0.15) is 0 Å². The van der Waals surface area contributed by atoms with Gasteiger partial charge in [0.15, 0.2) is 0 Å². The molecule has 0 fully saturated rings. The van der Waals surface area contributed by atoms with Crippen LogP contribution in [0.2, 0.25) is 0 Å². The standard InChI is InChI=1S/C14H21Br/c1-3-6-14(15)10-5-9-13-8-4-7-12(2)11-13/h4,7-8,11,14H,3,5-6,9-10H2,1-2H3. The van der Waals surface area contributed by atoms with Crippen LogP contribution in [0.25, 0.3) is 0 Å². The molecule has 1 rings (SSSR count). The Morgan fingerprint density at radius 1 is 1.27 bits per heavy atom. The largest absolute Gasteiger partial charge is 0.0891 e. The molecule has 0 aliphatic carbocycles. The first-order valence-corrected chi connectivity index (χ1v) is 6.83. The number of hydrogen-bond acceptors (Lipinski definition) is 0. The van der Waals surface area contributed by atoms with Crippen molar-refractivity contribution in [3.63, 3.8) is 0 Å². The zero-order valence-corrected chi connectivity index (χ0v) is 11.4. The predicted molar refractivity (Wildman–Crippen MR) is 71.7 cm³/mol. The molecule has 1 atom stereocenters. The van der Waals surface area contributed by atoms with Crippen molar-refractivity contribution in [2.24, 2.45) is 0 Å². The normalized spacial score (nSPS) is 12.7. The Balaban J connectivity index is 2.25. The van der Waals surface area contributed by atoms with E-state index in [1.54, 1.807) is 0 Å². The molecular formula is C14H21Br. The molecule has 84 valence electrons. The summed E-state index contributed by atoms with van der Waals surface area (Å²) in [6, 6.07) is 8.84. The molecule has 1 heteroatoms. The molecule has 0 spiro atoms. The molecule has 0 N–H and O–H groups in total. The number of halogens is 1. The van der Waals surface area contributed by atoms with Crippen molar-refractivity contribution in [1.29, 1.82) is 0 Å². The van der Waals surface area contributed by atoms with Crippen LogP contribution in [-0.2, 0) is 6.42 Å². The monoisotopic (exact) mass is 268 g/mol. The SMILES string of the molecule is CCCC(Br)CCCc1cccc(C)c1. The van der Waals surface area contributed by atoms with Crippen LogP contribution in [0, 0.1) is 6.92 Å². The Kier molecular flexibility index (Phi) is 6.00. The van der Waals surface area contributed by atoms with Gasteiger partial charge in [-0.15, -0.1) is 0 Å². The summed E-state index contributed by atoms with van der Waals surface area (Å²) >= 11 is 3.73. The second-order valence-electron chi connectivity index (χ2n) is 4.27. The maximum atomic E-state index is 3.73. The second-order valence-corrected chi connectivity index (χ2v) is 5.56. The molecule has 0 radical (unpaired) electrons. The fraction of sp³-hybridized carbons (Fsp3) is 0.571. The third kappa shape index (κ3) is 5.36. The van der Waals surface area contributed by atoms with Gasteiger partial charge in [0, 0.05) is 4.83 Å². The Morgan fingerprint density at radius 2 is 2.07 bits per heavy atom. The van der Waals surface area contributed by atoms with Gasteiger partial charge < -0.3 is 0 Å². The minimum absolute atomic E-state index is 0.715. The lowest BCUT2D eigenvalue weighted by Crippen LogP contribution is -1.98. The minimum atomic E-state index is 0.715.